The Kier molecular flexibility index (Phi) is 5.96. The van der Waals surface area contributed by atoms with Crippen LogP contribution in [-0.2, 0) is 0 Å². The average molecular weight is 264 g/mol. The molecule has 0 fully saturated rings. The normalized spacial score (nSPS) is 24.5. The van der Waals surface area contributed by atoms with Gasteiger partial charge in [-0.05, 0) is 36.3 Å². The van der Waals surface area contributed by atoms with Crippen LogP contribution in [0.15, 0.2) is 23.5 Å². The van der Waals surface area contributed by atoms with Crippen LogP contribution in [-0.4, -0.2) is 12.1 Å². The molecular formula is C17H32N2. The molecule has 19 heavy (non-hydrogen) atoms. The van der Waals surface area contributed by atoms with Gasteiger partial charge in [0.05, 0.1) is 0 Å². The van der Waals surface area contributed by atoms with E-state index in [1.807, 2.05) is 0 Å². The fraction of sp³-hybridized carbons (Fsp3) is 0.765. The van der Waals surface area contributed by atoms with Crippen molar-refractivity contribution < 1.29 is 0 Å². The first-order chi connectivity index (χ1) is 8.85. The van der Waals surface area contributed by atoms with E-state index in [0.29, 0.717) is 29.8 Å². The topological polar surface area (TPSA) is 24.1 Å². The minimum atomic E-state index is 0.421. The lowest BCUT2D eigenvalue weighted by atomic mass is 9.94. The van der Waals surface area contributed by atoms with Gasteiger partial charge in [-0.1, -0.05) is 48.5 Å². The molecule has 0 aromatic carbocycles. The van der Waals surface area contributed by atoms with Crippen LogP contribution in [0.4, 0.5) is 0 Å². The molecule has 2 unspecified atom stereocenters. The standard InChI is InChI=1S/C17H32N2/c1-8-14-9-15(11(2)3)19-17(13(6)7)10-16(18-14)12(4)5/h9-13,15-16,18-19H,8H2,1-7H3. The number of hydrogen-bond acceptors (Lipinski definition) is 2. The monoisotopic (exact) mass is 264 g/mol. The van der Waals surface area contributed by atoms with Crippen LogP contribution in [0, 0.1) is 17.8 Å². The SMILES string of the molecule is CCC1=CC(C(C)C)NC(C(C)C)=CC(C(C)C)N1. The van der Waals surface area contributed by atoms with Gasteiger partial charge < -0.3 is 10.6 Å². The van der Waals surface area contributed by atoms with Gasteiger partial charge in [0.25, 0.3) is 0 Å². The molecule has 1 aliphatic rings. The highest BCUT2D eigenvalue weighted by Gasteiger charge is 2.21. The molecule has 2 atom stereocenters. The summed E-state index contributed by atoms with van der Waals surface area (Å²) >= 11 is 0. The Hall–Kier alpha value is -0.920. The third-order valence-electron chi connectivity index (χ3n) is 3.86. The zero-order chi connectivity index (χ0) is 14.6. The summed E-state index contributed by atoms with van der Waals surface area (Å²) in [5, 5.41) is 7.47. The molecule has 1 heterocycles. The van der Waals surface area contributed by atoms with Gasteiger partial charge in [-0.25, -0.2) is 0 Å². The molecule has 0 bridgehead atoms. The number of rotatable bonds is 4. The van der Waals surface area contributed by atoms with Gasteiger partial charge in [-0.15, -0.1) is 0 Å². The van der Waals surface area contributed by atoms with E-state index in [0.717, 1.165) is 6.42 Å². The van der Waals surface area contributed by atoms with Crippen LogP contribution < -0.4 is 10.6 Å². The van der Waals surface area contributed by atoms with Crippen LogP contribution in [0.2, 0.25) is 0 Å². The van der Waals surface area contributed by atoms with E-state index in [-0.39, 0.29) is 0 Å². The van der Waals surface area contributed by atoms with Crippen molar-refractivity contribution in [3.05, 3.63) is 23.5 Å². The van der Waals surface area contributed by atoms with Crippen LogP contribution in [0.5, 0.6) is 0 Å². The molecule has 0 radical (unpaired) electrons. The minimum Gasteiger partial charge on any atom is -0.382 e. The minimum absolute atomic E-state index is 0.421. The third kappa shape index (κ3) is 4.59. The quantitative estimate of drug-likeness (QED) is 0.800. The van der Waals surface area contributed by atoms with Crippen molar-refractivity contribution in [3.8, 4) is 0 Å². The van der Waals surface area contributed by atoms with Gasteiger partial charge in [-0.3, -0.25) is 0 Å². The molecule has 2 N–H and O–H groups in total. The van der Waals surface area contributed by atoms with Crippen molar-refractivity contribution in [2.75, 3.05) is 0 Å². The Morgan fingerprint density at radius 3 is 1.84 bits per heavy atom. The van der Waals surface area contributed by atoms with Gasteiger partial charge in [0.15, 0.2) is 0 Å². The second-order valence-corrected chi connectivity index (χ2v) is 6.65. The largest absolute Gasteiger partial charge is 0.382 e. The van der Waals surface area contributed by atoms with Gasteiger partial charge in [0, 0.05) is 23.5 Å². The summed E-state index contributed by atoms with van der Waals surface area (Å²) in [6, 6.07) is 0.841. The lowest BCUT2D eigenvalue weighted by molar-refractivity contribution is 0.436. The fourth-order valence-electron chi connectivity index (χ4n) is 2.29. The summed E-state index contributed by atoms with van der Waals surface area (Å²) < 4.78 is 0. The second kappa shape index (κ2) is 7.02. The molecule has 1 aliphatic heterocycles. The number of allylic oxidation sites excluding steroid dienone is 2. The van der Waals surface area contributed by atoms with E-state index in [4.69, 9.17) is 0 Å². The number of hydrogen-bond donors (Lipinski definition) is 2. The van der Waals surface area contributed by atoms with E-state index >= 15 is 0 Å². The molecular weight excluding hydrogens is 232 g/mol. The third-order valence-corrected chi connectivity index (χ3v) is 3.86. The Bertz CT molecular complexity index is 337. The smallest absolute Gasteiger partial charge is 0.0483 e. The van der Waals surface area contributed by atoms with Gasteiger partial charge in [-0.2, -0.15) is 0 Å². The molecule has 0 saturated heterocycles. The fourth-order valence-corrected chi connectivity index (χ4v) is 2.29. The number of nitrogens with one attached hydrogen (secondary N) is 2. The van der Waals surface area contributed by atoms with Crippen LogP contribution >= 0.6 is 0 Å². The van der Waals surface area contributed by atoms with Crippen molar-refractivity contribution in [1.29, 1.82) is 0 Å². The van der Waals surface area contributed by atoms with E-state index in [2.05, 4.69) is 71.3 Å². The highest BCUT2D eigenvalue weighted by atomic mass is 15.0. The summed E-state index contributed by atoms with van der Waals surface area (Å²) in [6.07, 6.45) is 5.85. The lowest BCUT2D eigenvalue weighted by Gasteiger charge is -2.32. The van der Waals surface area contributed by atoms with Gasteiger partial charge >= 0.3 is 0 Å². The summed E-state index contributed by atoms with van der Waals surface area (Å²) in [6.45, 7) is 15.9. The van der Waals surface area contributed by atoms with Crippen molar-refractivity contribution in [2.45, 2.75) is 67.0 Å². The Morgan fingerprint density at radius 2 is 1.42 bits per heavy atom. The van der Waals surface area contributed by atoms with E-state index < -0.39 is 0 Å². The Balaban J connectivity index is 3.06. The van der Waals surface area contributed by atoms with E-state index in [1.54, 1.807) is 0 Å². The Morgan fingerprint density at radius 1 is 0.895 bits per heavy atom. The average Bonchev–Trinajstić information content (AvgIpc) is 2.27. The predicted molar refractivity (Wildman–Crippen MR) is 84.8 cm³/mol. The molecule has 0 aromatic rings. The molecule has 110 valence electrons. The Labute approximate surface area is 119 Å². The summed E-state index contributed by atoms with van der Waals surface area (Å²) in [7, 11) is 0. The second-order valence-electron chi connectivity index (χ2n) is 6.65. The highest BCUT2D eigenvalue weighted by Crippen LogP contribution is 2.19. The van der Waals surface area contributed by atoms with Crippen molar-refractivity contribution in [1.82, 2.24) is 10.6 Å². The first-order valence-electron chi connectivity index (χ1n) is 7.80. The molecule has 2 nitrogen and oxygen atoms in total. The zero-order valence-electron chi connectivity index (χ0n) is 13.7. The molecule has 1 rings (SSSR count). The molecule has 0 amide bonds. The molecule has 0 aromatic heterocycles. The van der Waals surface area contributed by atoms with Crippen molar-refractivity contribution in [2.24, 2.45) is 17.8 Å². The molecule has 0 aliphatic carbocycles. The lowest BCUT2D eigenvalue weighted by Crippen LogP contribution is -2.41. The molecule has 0 saturated carbocycles. The maximum atomic E-state index is 3.75. The zero-order valence-corrected chi connectivity index (χ0v) is 13.7. The first-order valence-corrected chi connectivity index (χ1v) is 7.80. The highest BCUT2D eigenvalue weighted by molar-refractivity contribution is 5.19. The summed E-state index contributed by atoms with van der Waals surface area (Å²) in [5.74, 6) is 1.74. The first kappa shape index (κ1) is 16.1. The molecule has 0 spiro atoms. The van der Waals surface area contributed by atoms with Crippen molar-refractivity contribution in [3.63, 3.8) is 0 Å². The molecule has 2 heteroatoms. The maximum absolute atomic E-state index is 3.75. The predicted octanol–water partition coefficient (Wildman–Crippen LogP) is 4.06. The van der Waals surface area contributed by atoms with Crippen LogP contribution in [0.1, 0.15) is 54.9 Å². The van der Waals surface area contributed by atoms with Crippen LogP contribution in [0.25, 0.3) is 0 Å². The van der Waals surface area contributed by atoms with Gasteiger partial charge in [0.2, 0.25) is 0 Å². The van der Waals surface area contributed by atoms with Gasteiger partial charge in [0.1, 0.15) is 0 Å². The van der Waals surface area contributed by atoms with E-state index in [1.165, 1.54) is 11.4 Å². The maximum Gasteiger partial charge on any atom is 0.0483 e. The summed E-state index contributed by atoms with van der Waals surface area (Å²) in [5.41, 5.74) is 2.74. The summed E-state index contributed by atoms with van der Waals surface area (Å²) in [4.78, 5) is 0. The van der Waals surface area contributed by atoms with E-state index in [9.17, 15) is 0 Å². The van der Waals surface area contributed by atoms with Crippen molar-refractivity contribution >= 4 is 0 Å². The van der Waals surface area contributed by atoms with Crippen LogP contribution in [0.3, 0.4) is 0 Å².